The van der Waals surface area contributed by atoms with E-state index in [0.717, 1.165) is 15.6 Å². The zero-order chi connectivity index (χ0) is 17.2. The van der Waals surface area contributed by atoms with Crippen LogP contribution in [0.5, 0.6) is 5.75 Å². The molecule has 0 aliphatic heterocycles. The van der Waals surface area contributed by atoms with Gasteiger partial charge in [-0.15, -0.1) is 11.3 Å². The summed E-state index contributed by atoms with van der Waals surface area (Å²) in [5.41, 5.74) is 2.34. The van der Waals surface area contributed by atoms with Gasteiger partial charge in [0.2, 0.25) is 10.0 Å². The molecule has 2 aromatic rings. The minimum Gasteiger partial charge on any atom is -0.497 e. The van der Waals surface area contributed by atoms with Crippen molar-refractivity contribution >= 4 is 21.4 Å². The number of rotatable bonds is 6. The van der Waals surface area contributed by atoms with E-state index < -0.39 is 10.0 Å². The van der Waals surface area contributed by atoms with Crippen molar-refractivity contribution in [1.29, 1.82) is 0 Å². The van der Waals surface area contributed by atoms with E-state index in [1.807, 2.05) is 13.8 Å². The first-order valence-electron chi connectivity index (χ1n) is 7.32. The van der Waals surface area contributed by atoms with Crippen LogP contribution in [0.2, 0.25) is 0 Å². The van der Waals surface area contributed by atoms with Gasteiger partial charge in [0, 0.05) is 11.4 Å². The van der Waals surface area contributed by atoms with Crippen LogP contribution in [0.3, 0.4) is 0 Å². The molecule has 0 unspecified atom stereocenters. The highest BCUT2D eigenvalue weighted by atomic mass is 32.2. The minimum atomic E-state index is -3.54. The Morgan fingerprint density at radius 1 is 1.17 bits per heavy atom. The molecule has 0 fully saturated rings. The van der Waals surface area contributed by atoms with Gasteiger partial charge < -0.3 is 4.74 Å². The Morgan fingerprint density at radius 3 is 2.26 bits per heavy atom. The monoisotopic (exact) mass is 354 g/mol. The van der Waals surface area contributed by atoms with Crippen molar-refractivity contribution in [3.63, 3.8) is 0 Å². The van der Waals surface area contributed by atoms with E-state index in [0.29, 0.717) is 34.7 Å². The summed E-state index contributed by atoms with van der Waals surface area (Å²) in [4.78, 5) is 5.81. The van der Waals surface area contributed by atoms with E-state index in [2.05, 4.69) is 9.71 Å². The van der Waals surface area contributed by atoms with Crippen LogP contribution in [-0.4, -0.2) is 27.1 Å². The Labute approximate surface area is 141 Å². The number of thiazole rings is 1. The molecule has 1 N–H and O–H groups in total. The summed E-state index contributed by atoms with van der Waals surface area (Å²) in [7, 11) is -1.97. The zero-order valence-electron chi connectivity index (χ0n) is 14.1. The highest BCUT2D eigenvalue weighted by Gasteiger charge is 2.20. The smallest absolute Gasteiger partial charge is 0.241 e. The summed E-state index contributed by atoms with van der Waals surface area (Å²) < 4.78 is 33.0. The molecule has 1 aromatic carbocycles. The molecule has 126 valence electrons. The van der Waals surface area contributed by atoms with Crippen molar-refractivity contribution in [3.8, 4) is 5.75 Å². The van der Waals surface area contributed by atoms with Gasteiger partial charge in [-0.3, -0.25) is 0 Å². The summed E-state index contributed by atoms with van der Waals surface area (Å²) >= 11 is 1.61. The van der Waals surface area contributed by atoms with E-state index in [1.165, 1.54) is 0 Å². The van der Waals surface area contributed by atoms with Crippen LogP contribution in [0, 0.1) is 27.7 Å². The fraction of sp³-hybridized carbons (Fsp3) is 0.438. The van der Waals surface area contributed by atoms with Crippen molar-refractivity contribution < 1.29 is 13.2 Å². The van der Waals surface area contributed by atoms with Gasteiger partial charge in [-0.1, -0.05) is 0 Å². The molecule has 5 nitrogen and oxygen atoms in total. The number of aryl methyl sites for hydroxylation is 4. The van der Waals surface area contributed by atoms with E-state index in [-0.39, 0.29) is 0 Å². The number of methoxy groups -OCH3 is 1. The number of ether oxygens (including phenoxy) is 1. The van der Waals surface area contributed by atoms with Gasteiger partial charge in [-0.2, -0.15) is 0 Å². The zero-order valence-corrected chi connectivity index (χ0v) is 15.7. The highest BCUT2D eigenvalue weighted by molar-refractivity contribution is 7.89. The minimum absolute atomic E-state index is 0.329. The lowest BCUT2D eigenvalue weighted by molar-refractivity contribution is 0.413. The van der Waals surface area contributed by atoms with Crippen molar-refractivity contribution in [1.82, 2.24) is 9.71 Å². The average Bonchev–Trinajstić information content (AvgIpc) is 2.75. The second-order valence-corrected chi connectivity index (χ2v) is 8.47. The topological polar surface area (TPSA) is 68.3 Å². The molecule has 0 atom stereocenters. The fourth-order valence-corrected chi connectivity index (χ4v) is 5.05. The molecular weight excluding hydrogens is 332 g/mol. The van der Waals surface area contributed by atoms with Crippen molar-refractivity contribution in [2.75, 3.05) is 13.7 Å². The largest absolute Gasteiger partial charge is 0.497 e. The fourth-order valence-electron chi connectivity index (χ4n) is 2.63. The summed E-state index contributed by atoms with van der Waals surface area (Å²) in [5, 5.41) is 1.00. The van der Waals surface area contributed by atoms with E-state index >= 15 is 0 Å². The number of nitrogens with one attached hydrogen (secondary N) is 1. The Kier molecular flexibility index (Phi) is 5.44. The Bertz CT molecular complexity index is 788. The number of hydrogen-bond acceptors (Lipinski definition) is 5. The Morgan fingerprint density at radius 2 is 1.78 bits per heavy atom. The first-order chi connectivity index (χ1) is 10.7. The molecule has 0 spiro atoms. The molecule has 0 saturated heterocycles. The molecule has 7 heteroatoms. The third-order valence-electron chi connectivity index (χ3n) is 3.58. The normalized spacial score (nSPS) is 11.7. The van der Waals surface area contributed by atoms with Crippen LogP contribution in [0.15, 0.2) is 17.0 Å². The van der Waals surface area contributed by atoms with Gasteiger partial charge in [0.05, 0.1) is 22.7 Å². The second kappa shape index (κ2) is 6.98. The maximum Gasteiger partial charge on any atom is 0.241 e. The van der Waals surface area contributed by atoms with E-state index in [1.54, 1.807) is 44.4 Å². The molecule has 0 saturated carbocycles. The summed E-state index contributed by atoms with van der Waals surface area (Å²) in [6, 6.07) is 3.47. The first kappa shape index (κ1) is 17.9. The number of benzene rings is 1. The van der Waals surface area contributed by atoms with Gasteiger partial charge in [0.25, 0.3) is 0 Å². The van der Waals surface area contributed by atoms with Crippen LogP contribution in [0.4, 0.5) is 0 Å². The quantitative estimate of drug-likeness (QED) is 0.866. The summed E-state index contributed by atoms with van der Waals surface area (Å²) in [6.07, 6.45) is 0.644. The highest BCUT2D eigenvalue weighted by Crippen LogP contribution is 2.25. The van der Waals surface area contributed by atoms with Gasteiger partial charge in [0.1, 0.15) is 5.75 Å². The lowest BCUT2D eigenvalue weighted by Crippen LogP contribution is -2.27. The molecule has 1 aromatic heterocycles. The van der Waals surface area contributed by atoms with Gasteiger partial charge in [0.15, 0.2) is 0 Å². The molecule has 1 heterocycles. The van der Waals surface area contributed by atoms with Crippen LogP contribution in [-0.2, 0) is 16.4 Å². The van der Waals surface area contributed by atoms with Crippen LogP contribution < -0.4 is 9.46 Å². The number of sulfonamides is 1. The van der Waals surface area contributed by atoms with Gasteiger partial charge in [-0.05, 0) is 57.4 Å². The van der Waals surface area contributed by atoms with Crippen molar-refractivity contribution in [3.05, 3.63) is 38.8 Å². The maximum atomic E-state index is 12.6. The van der Waals surface area contributed by atoms with Crippen molar-refractivity contribution in [2.45, 2.75) is 39.0 Å². The predicted molar refractivity (Wildman–Crippen MR) is 92.9 cm³/mol. The molecule has 0 amide bonds. The standard InChI is InChI=1S/C16H22N2O3S2/c1-10-8-14(21-5)9-11(2)16(10)23(19,20)17-7-6-15-12(3)18-13(4)22-15/h8-9,17H,6-7H2,1-5H3. The third-order valence-corrected chi connectivity index (χ3v) is 6.48. The van der Waals surface area contributed by atoms with Gasteiger partial charge in [-0.25, -0.2) is 18.1 Å². The molecule has 0 radical (unpaired) electrons. The Balaban J connectivity index is 2.15. The number of aromatic nitrogens is 1. The lowest BCUT2D eigenvalue weighted by atomic mass is 10.1. The first-order valence-corrected chi connectivity index (χ1v) is 9.62. The molecular formula is C16H22N2O3S2. The van der Waals surface area contributed by atoms with E-state index in [4.69, 9.17) is 4.74 Å². The van der Waals surface area contributed by atoms with E-state index in [9.17, 15) is 8.42 Å². The Hall–Kier alpha value is -1.44. The maximum absolute atomic E-state index is 12.6. The molecule has 0 bridgehead atoms. The predicted octanol–water partition coefficient (Wildman–Crippen LogP) is 2.91. The SMILES string of the molecule is COc1cc(C)c(S(=O)(=O)NCCc2sc(C)nc2C)c(C)c1. The van der Waals surface area contributed by atoms with Crippen LogP contribution >= 0.6 is 11.3 Å². The van der Waals surface area contributed by atoms with Crippen LogP contribution in [0.25, 0.3) is 0 Å². The molecule has 23 heavy (non-hydrogen) atoms. The molecule has 0 aliphatic carbocycles. The van der Waals surface area contributed by atoms with Crippen LogP contribution in [0.1, 0.15) is 26.7 Å². The second-order valence-electron chi connectivity index (χ2n) is 5.48. The lowest BCUT2D eigenvalue weighted by Gasteiger charge is -2.13. The summed E-state index contributed by atoms with van der Waals surface area (Å²) in [5.74, 6) is 0.662. The number of nitrogens with zero attached hydrogens (tertiary/aromatic N) is 1. The third kappa shape index (κ3) is 4.10. The molecule has 0 aliphatic rings. The van der Waals surface area contributed by atoms with Gasteiger partial charge >= 0.3 is 0 Å². The number of hydrogen-bond donors (Lipinski definition) is 1. The molecule has 2 rings (SSSR count). The van der Waals surface area contributed by atoms with Crippen molar-refractivity contribution in [2.24, 2.45) is 0 Å². The average molecular weight is 354 g/mol. The summed E-state index contributed by atoms with van der Waals surface area (Å²) in [6.45, 7) is 7.82.